The molecule has 0 aliphatic carbocycles. The summed E-state index contributed by atoms with van der Waals surface area (Å²) in [5.74, 6) is 3.95. The van der Waals surface area contributed by atoms with Gasteiger partial charge in [0.1, 0.15) is 5.82 Å². The molecular weight excluding hydrogens is 232 g/mol. The zero-order valence-electron chi connectivity index (χ0n) is 9.50. The summed E-state index contributed by atoms with van der Waals surface area (Å²) in [5, 5.41) is 0. The number of rotatable bonds is 2. The molecule has 0 radical (unpaired) electrons. The zero-order valence-corrected chi connectivity index (χ0v) is 10.3. The number of carbonyl (C=O) groups is 1. The Morgan fingerprint density at radius 1 is 1.35 bits per heavy atom. The predicted octanol–water partition coefficient (Wildman–Crippen LogP) is 2.76. The Labute approximate surface area is 104 Å². The normalized spacial score (nSPS) is 17.4. The number of hydrogen-bond donors (Lipinski definition) is 0. The van der Waals surface area contributed by atoms with Crippen LogP contribution in [0, 0.1) is 0 Å². The van der Waals surface area contributed by atoms with Crippen LogP contribution in [-0.2, 0) is 0 Å². The third kappa shape index (κ3) is 1.86. The molecule has 0 atom stereocenters. The molecule has 1 aliphatic rings. The molecule has 0 spiro atoms. The molecule has 0 amide bonds. The topological polar surface area (TPSA) is 34.4 Å². The third-order valence-electron chi connectivity index (χ3n) is 3.32. The van der Waals surface area contributed by atoms with Crippen LogP contribution >= 0.6 is 11.8 Å². The van der Waals surface area contributed by atoms with Crippen LogP contribution in [-0.4, -0.2) is 27.2 Å². The van der Waals surface area contributed by atoms with Crippen LogP contribution in [0.1, 0.15) is 35.1 Å². The van der Waals surface area contributed by atoms with Crippen molar-refractivity contribution in [2.75, 3.05) is 11.5 Å². The van der Waals surface area contributed by atoms with Gasteiger partial charge in [0, 0.05) is 5.92 Å². The van der Waals surface area contributed by atoms with Crippen molar-refractivity contribution in [2.45, 2.75) is 18.8 Å². The average Bonchev–Trinajstić information content (AvgIpc) is 2.83. The van der Waals surface area contributed by atoms with E-state index in [0.717, 1.165) is 30.5 Å². The van der Waals surface area contributed by atoms with Crippen LogP contribution in [0.15, 0.2) is 24.4 Å². The number of fused-ring (bicyclic) bond motifs is 1. The highest BCUT2D eigenvalue weighted by molar-refractivity contribution is 7.99. The molecule has 2 aromatic heterocycles. The molecule has 0 saturated carbocycles. The predicted molar refractivity (Wildman–Crippen MR) is 69.9 cm³/mol. The molecule has 2 aromatic rings. The van der Waals surface area contributed by atoms with Crippen molar-refractivity contribution in [3.63, 3.8) is 0 Å². The van der Waals surface area contributed by atoms with E-state index in [0.29, 0.717) is 11.6 Å². The lowest BCUT2D eigenvalue weighted by Gasteiger charge is -2.20. The van der Waals surface area contributed by atoms with Gasteiger partial charge in [-0.15, -0.1) is 0 Å². The summed E-state index contributed by atoms with van der Waals surface area (Å²) >= 11 is 2.00. The summed E-state index contributed by atoms with van der Waals surface area (Å²) in [7, 11) is 0. The van der Waals surface area contributed by atoms with E-state index in [2.05, 4.69) is 4.98 Å². The van der Waals surface area contributed by atoms with Crippen LogP contribution in [0.25, 0.3) is 5.52 Å². The number of hydrogen-bond acceptors (Lipinski definition) is 3. The zero-order chi connectivity index (χ0) is 11.7. The SMILES string of the molecule is O=Cc1cccc2cnc(C3CCSCC3)n12. The maximum absolute atomic E-state index is 11.1. The minimum absolute atomic E-state index is 0.500. The van der Waals surface area contributed by atoms with Crippen molar-refractivity contribution in [1.82, 2.24) is 9.38 Å². The smallest absolute Gasteiger partial charge is 0.166 e. The first kappa shape index (κ1) is 10.8. The van der Waals surface area contributed by atoms with Crippen molar-refractivity contribution in [1.29, 1.82) is 0 Å². The van der Waals surface area contributed by atoms with Crippen LogP contribution in [0.3, 0.4) is 0 Å². The van der Waals surface area contributed by atoms with Crippen molar-refractivity contribution >= 4 is 23.6 Å². The molecule has 0 bridgehead atoms. The van der Waals surface area contributed by atoms with Gasteiger partial charge < -0.3 is 0 Å². The molecule has 3 heterocycles. The lowest BCUT2D eigenvalue weighted by Crippen LogP contribution is -2.12. The third-order valence-corrected chi connectivity index (χ3v) is 4.36. The van der Waals surface area contributed by atoms with Crippen LogP contribution < -0.4 is 0 Å². The van der Waals surface area contributed by atoms with Crippen molar-refractivity contribution < 1.29 is 4.79 Å². The summed E-state index contributed by atoms with van der Waals surface area (Å²) in [6.07, 6.45) is 5.10. The molecule has 88 valence electrons. The Kier molecular flexibility index (Phi) is 2.89. The maximum Gasteiger partial charge on any atom is 0.166 e. The Morgan fingerprint density at radius 2 is 2.18 bits per heavy atom. The van der Waals surface area contributed by atoms with Gasteiger partial charge in [-0.05, 0) is 36.5 Å². The van der Waals surface area contributed by atoms with Gasteiger partial charge in [-0.25, -0.2) is 4.98 Å². The van der Waals surface area contributed by atoms with Crippen LogP contribution in [0.4, 0.5) is 0 Å². The van der Waals surface area contributed by atoms with E-state index in [9.17, 15) is 4.79 Å². The molecule has 0 aromatic carbocycles. The number of aromatic nitrogens is 2. The fourth-order valence-electron chi connectivity index (χ4n) is 2.43. The Balaban J connectivity index is 2.12. The van der Waals surface area contributed by atoms with E-state index in [1.807, 2.05) is 40.6 Å². The number of imidazole rings is 1. The second kappa shape index (κ2) is 4.53. The molecule has 1 saturated heterocycles. The summed E-state index contributed by atoms with van der Waals surface area (Å²) in [4.78, 5) is 15.6. The highest BCUT2D eigenvalue weighted by Gasteiger charge is 2.20. The lowest BCUT2D eigenvalue weighted by molar-refractivity contribution is 0.111. The molecular formula is C13H14N2OS. The number of thioether (sulfide) groups is 1. The molecule has 4 heteroatoms. The van der Waals surface area contributed by atoms with Gasteiger partial charge in [-0.1, -0.05) is 6.07 Å². The minimum atomic E-state index is 0.500. The lowest BCUT2D eigenvalue weighted by atomic mass is 10.0. The van der Waals surface area contributed by atoms with Crippen molar-refractivity contribution in [3.05, 3.63) is 35.9 Å². The highest BCUT2D eigenvalue weighted by atomic mass is 32.2. The Bertz CT molecular complexity index is 543. The van der Waals surface area contributed by atoms with Gasteiger partial charge in [0.25, 0.3) is 0 Å². The summed E-state index contributed by atoms with van der Waals surface area (Å²) in [5.41, 5.74) is 1.72. The second-order valence-electron chi connectivity index (χ2n) is 4.33. The minimum Gasteiger partial charge on any atom is -0.296 e. The van der Waals surface area contributed by atoms with E-state index in [4.69, 9.17) is 0 Å². The van der Waals surface area contributed by atoms with Gasteiger partial charge in [0.05, 0.1) is 17.4 Å². The van der Waals surface area contributed by atoms with E-state index in [-0.39, 0.29) is 0 Å². The summed E-state index contributed by atoms with van der Waals surface area (Å²) in [6.45, 7) is 0. The standard InChI is InChI=1S/C13H14N2OS/c16-9-12-3-1-2-11-8-14-13(15(11)12)10-4-6-17-7-5-10/h1-3,8-10H,4-7H2. The van der Waals surface area contributed by atoms with Gasteiger partial charge in [-0.2, -0.15) is 11.8 Å². The van der Waals surface area contributed by atoms with E-state index in [1.165, 1.54) is 11.5 Å². The fraction of sp³-hybridized carbons (Fsp3) is 0.385. The summed E-state index contributed by atoms with van der Waals surface area (Å²) in [6, 6.07) is 5.76. The van der Waals surface area contributed by atoms with Crippen LogP contribution in [0.5, 0.6) is 0 Å². The van der Waals surface area contributed by atoms with Gasteiger partial charge in [0.15, 0.2) is 6.29 Å². The first-order valence-electron chi connectivity index (χ1n) is 5.89. The van der Waals surface area contributed by atoms with Gasteiger partial charge >= 0.3 is 0 Å². The molecule has 17 heavy (non-hydrogen) atoms. The largest absolute Gasteiger partial charge is 0.296 e. The molecule has 1 fully saturated rings. The Morgan fingerprint density at radius 3 is 2.94 bits per heavy atom. The quantitative estimate of drug-likeness (QED) is 0.764. The fourth-order valence-corrected chi connectivity index (χ4v) is 3.54. The summed E-state index contributed by atoms with van der Waals surface area (Å²) < 4.78 is 2.01. The maximum atomic E-state index is 11.1. The molecule has 0 unspecified atom stereocenters. The van der Waals surface area contributed by atoms with E-state index >= 15 is 0 Å². The first-order valence-corrected chi connectivity index (χ1v) is 7.05. The molecule has 3 nitrogen and oxygen atoms in total. The number of pyridine rings is 1. The van der Waals surface area contributed by atoms with Gasteiger partial charge in [0.2, 0.25) is 0 Å². The second-order valence-corrected chi connectivity index (χ2v) is 5.56. The van der Waals surface area contributed by atoms with Crippen molar-refractivity contribution in [3.8, 4) is 0 Å². The number of nitrogens with zero attached hydrogens (tertiary/aromatic N) is 2. The molecule has 1 aliphatic heterocycles. The average molecular weight is 246 g/mol. The first-order chi connectivity index (χ1) is 8.40. The van der Waals surface area contributed by atoms with E-state index in [1.54, 1.807) is 0 Å². The Hall–Kier alpha value is -1.29. The number of aldehydes is 1. The van der Waals surface area contributed by atoms with E-state index < -0.39 is 0 Å². The molecule has 0 N–H and O–H groups in total. The van der Waals surface area contributed by atoms with Crippen LogP contribution in [0.2, 0.25) is 0 Å². The highest BCUT2D eigenvalue weighted by Crippen LogP contribution is 2.31. The van der Waals surface area contributed by atoms with Crippen molar-refractivity contribution in [2.24, 2.45) is 0 Å². The molecule has 3 rings (SSSR count). The monoisotopic (exact) mass is 246 g/mol. The number of carbonyl (C=O) groups excluding carboxylic acids is 1. The van der Waals surface area contributed by atoms with Gasteiger partial charge in [-0.3, -0.25) is 9.20 Å².